The van der Waals surface area contributed by atoms with Crippen molar-refractivity contribution in [1.29, 1.82) is 0 Å². The summed E-state index contributed by atoms with van der Waals surface area (Å²) in [6, 6.07) is 3.00. The first-order valence-corrected chi connectivity index (χ1v) is 7.76. The third-order valence-corrected chi connectivity index (χ3v) is 3.61. The minimum absolute atomic E-state index is 0.00346. The van der Waals surface area contributed by atoms with Crippen molar-refractivity contribution in [2.45, 2.75) is 38.4 Å². The van der Waals surface area contributed by atoms with Crippen molar-refractivity contribution in [1.82, 2.24) is 4.90 Å². The van der Waals surface area contributed by atoms with Crippen LogP contribution in [0.3, 0.4) is 0 Å². The fourth-order valence-electron chi connectivity index (χ4n) is 2.39. The average Bonchev–Trinajstić information content (AvgIpc) is 2.87. The van der Waals surface area contributed by atoms with Crippen molar-refractivity contribution in [3.8, 4) is 5.75 Å². The van der Waals surface area contributed by atoms with E-state index in [0.717, 1.165) is 18.2 Å². The Hall–Kier alpha value is -2.42. The maximum atomic E-state index is 13.8. The number of likely N-dealkylation sites (tertiary alicyclic amines) is 1. The van der Waals surface area contributed by atoms with Crippen molar-refractivity contribution in [2.75, 3.05) is 19.7 Å². The summed E-state index contributed by atoms with van der Waals surface area (Å²) < 4.78 is 24.3. The first-order chi connectivity index (χ1) is 11.5. The molecule has 1 aromatic rings. The molecule has 0 bridgehead atoms. The molecular weight excluding hydrogens is 335 g/mol. The van der Waals surface area contributed by atoms with Crippen LogP contribution in [0.25, 0.3) is 0 Å². The summed E-state index contributed by atoms with van der Waals surface area (Å²) in [7, 11) is 0. The van der Waals surface area contributed by atoms with Crippen LogP contribution in [-0.4, -0.2) is 51.9 Å². The van der Waals surface area contributed by atoms with Crippen LogP contribution in [0.4, 0.5) is 14.9 Å². The van der Waals surface area contributed by atoms with Crippen LogP contribution < -0.4 is 4.74 Å². The van der Waals surface area contributed by atoms with Gasteiger partial charge in [-0.05, 0) is 33.3 Å². The fourth-order valence-corrected chi connectivity index (χ4v) is 2.39. The predicted octanol–water partition coefficient (Wildman–Crippen LogP) is 2.48. The number of hydrogen-bond acceptors (Lipinski definition) is 6. The highest BCUT2D eigenvalue weighted by molar-refractivity contribution is 5.68. The number of halogens is 1. The van der Waals surface area contributed by atoms with Crippen molar-refractivity contribution < 1.29 is 28.7 Å². The van der Waals surface area contributed by atoms with Gasteiger partial charge < -0.3 is 19.5 Å². The molecule has 9 heteroatoms. The van der Waals surface area contributed by atoms with Gasteiger partial charge in [-0.25, -0.2) is 9.18 Å². The lowest BCUT2D eigenvalue weighted by Gasteiger charge is -2.26. The quantitative estimate of drug-likeness (QED) is 0.657. The van der Waals surface area contributed by atoms with Gasteiger partial charge in [-0.3, -0.25) is 10.1 Å². The average molecular weight is 356 g/mol. The molecule has 1 atom stereocenters. The number of amides is 1. The largest absolute Gasteiger partial charge is 0.487 e. The fraction of sp³-hybridized carbons (Fsp3) is 0.562. The number of β-amino-alcohol motifs (C(OH)–C–C–N with tert-alkyl or cyclic N) is 1. The highest BCUT2D eigenvalue weighted by atomic mass is 19.1. The van der Waals surface area contributed by atoms with Crippen LogP contribution in [0.5, 0.6) is 5.75 Å². The smallest absolute Gasteiger partial charge is 0.410 e. The second-order valence-corrected chi connectivity index (χ2v) is 7.04. The number of rotatable bonds is 4. The van der Waals surface area contributed by atoms with E-state index >= 15 is 0 Å². The predicted molar refractivity (Wildman–Crippen MR) is 85.9 cm³/mol. The molecule has 1 N–H and O–H groups in total. The zero-order valence-electron chi connectivity index (χ0n) is 14.3. The Kier molecular flexibility index (Phi) is 5.17. The minimum atomic E-state index is -1.34. The molecule has 1 saturated heterocycles. The molecule has 0 radical (unpaired) electrons. The number of hydrogen-bond donors (Lipinski definition) is 1. The Morgan fingerprint density at radius 1 is 1.48 bits per heavy atom. The number of non-ortho nitro benzene ring substituents is 1. The maximum absolute atomic E-state index is 13.8. The Morgan fingerprint density at radius 3 is 2.72 bits per heavy atom. The SMILES string of the molecule is CC(C)(C)OC(=O)N1CC[C@@](O)(COc2ccc([N+](=O)[O-])cc2F)C1. The zero-order valence-corrected chi connectivity index (χ0v) is 14.3. The van der Waals surface area contributed by atoms with Crippen LogP contribution in [0.15, 0.2) is 18.2 Å². The first-order valence-electron chi connectivity index (χ1n) is 7.76. The highest BCUT2D eigenvalue weighted by Gasteiger charge is 2.40. The van der Waals surface area contributed by atoms with Crippen molar-refractivity contribution >= 4 is 11.8 Å². The van der Waals surface area contributed by atoms with Crippen molar-refractivity contribution in [3.05, 3.63) is 34.1 Å². The van der Waals surface area contributed by atoms with Crippen LogP contribution in [0.1, 0.15) is 27.2 Å². The number of nitrogens with zero attached hydrogens (tertiary/aromatic N) is 2. The van der Waals surface area contributed by atoms with Crippen LogP contribution in [0.2, 0.25) is 0 Å². The summed E-state index contributed by atoms with van der Waals surface area (Å²) in [4.78, 5) is 23.2. The van der Waals surface area contributed by atoms with E-state index in [0.29, 0.717) is 0 Å². The third-order valence-electron chi connectivity index (χ3n) is 3.61. The molecule has 2 rings (SSSR count). The Bertz CT molecular complexity index is 675. The van der Waals surface area contributed by atoms with Crippen molar-refractivity contribution in [3.63, 3.8) is 0 Å². The normalized spacial score (nSPS) is 20.4. The lowest BCUT2D eigenvalue weighted by Crippen LogP contribution is -2.42. The van der Waals surface area contributed by atoms with Crippen molar-refractivity contribution in [2.24, 2.45) is 0 Å². The van der Waals surface area contributed by atoms with Gasteiger partial charge >= 0.3 is 6.09 Å². The number of nitro groups is 1. The molecule has 138 valence electrons. The highest BCUT2D eigenvalue weighted by Crippen LogP contribution is 2.27. The zero-order chi connectivity index (χ0) is 18.8. The van der Waals surface area contributed by atoms with E-state index in [4.69, 9.17) is 9.47 Å². The molecule has 1 heterocycles. The monoisotopic (exact) mass is 356 g/mol. The summed E-state index contributed by atoms with van der Waals surface area (Å²) >= 11 is 0. The summed E-state index contributed by atoms with van der Waals surface area (Å²) in [6.07, 6.45) is -0.286. The molecule has 1 aliphatic heterocycles. The Labute approximate surface area is 144 Å². The van der Waals surface area contributed by atoms with Gasteiger partial charge in [-0.2, -0.15) is 0 Å². The third kappa shape index (κ3) is 5.02. The van der Waals surface area contributed by atoms with E-state index in [1.807, 2.05) is 0 Å². The topological polar surface area (TPSA) is 102 Å². The lowest BCUT2D eigenvalue weighted by atomic mass is 10.1. The molecule has 0 aliphatic carbocycles. The molecule has 0 spiro atoms. The minimum Gasteiger partial charge on any atom is -0.487 e. The molecule has 1 fully saturated rings. The Morgan fingerprint density at radius 2 is 2.16 bits per heavy atom. The second kappa shape index (κ2) is 6.83. The summed E-state index contributed by atoms with van der Waals surface area (Å²) in [5.74, 6) is -1.09. The van der Waals surface area contributed by atoms with Gasteiger partial charge in [-0.15, -0.1) is 0 Å². The molecule has 25 heavy (non-hydrogen) atoms. The lowest BCUT2D eigenvalue weighted by molar-refractivity contribution is -0.385. The van der Waals surface area contributed by atoms with Gasteiger partial charge in [0.25, 0.3) is 5.69 Å². The summed E-state index contributed by atoms with van der Waals surface area (Å²) in [6.45, 7) is 5.27. The van der Waals surface area contributed by atoms with E-state index in [1.165, 1.54) is 4.90 Å². The van der Waals surface area contributed by atoms with Gasteiger partial charge in [0.05, 0.1) is 17.5 Å². The summed E-state index contributed by atoms with van der Waals surface area (Å²) in [5.41, 5.74) is -2.37. The standard InChI is InChI=1S/C16H21FN2O6/c1-15(2,3)25-14(20)18-7-6-16(21,9-18)10-24-13-5-4-11(19(22)23)8-12(13)17/h4-5,8,21H,6-7,9-10H2,1-3H3/t16-/m0/s1. The maximum Gasteiger partial charge on any atom is 0.410 e. The number of carbonyl (C=O) groups excluding carboxylic acids is 1. The van der Waals surface area contributed by atoms with Crippen LogP contribution in [0, 0.1) is 15.9 Å². The number of nitro benzene ring substituents is 1. The van der Waals surface area contributed by atoms with E-state index in [9.17, 15) is 24.4 Å². The van der Waals surface area contributed by atoms with Gasteiger partial charge in [0.2, 0.25) is 0 Å². The van der Waals surface area contributed by atoms with Gasteiger partial charge in [0.1, 0.15) is 17.8 Å². The van der Waals surface area contributed by atoms with Gasteiger partial charge in [0, 0.05) is 12.6 Å². The van der Waals surface area contributed by atoms with Crippen LogP contribution >= 0.6 is 0 Å². The number of benzene rings is 1. The van der Waals surface area contributed by atoms with E-state index in [-0.39, 0.29) is 37.6 Å². The Balaban J connectivity index is 1.95. The molecule has 1 amide bonds. The molecule has 0 unspecified atom stereocenters. The van der Waals surface area contributed by atoms with Gasteiger partial charge in [0.15, 0.2) is 11.6 Å². The molecule has 8 nitrogen and oxygen atoms in total. The summed E-state index contributed by atoms with van der Waals surface area (Å²) in [5, 5.41) is 21.1. The molecule has 1 aromatic carbocycles. The second-order valence-electron chi connectivity index (χ2n) is 7.04. The van der Waals surface area contributed by atoms with Crippen LogP contribution in [-0.2, 0) is 4.74 Å². The number of aliphatic hydroxyl groups is 1. The molecule has 0 aromatic heterocycles. The molecular formula is C16H21FN2O6. The number of ether oxygens (including phenoxy) is 2. The molecule has 0 saturated carbocycles. The van der Waals surface area contributed by atoms with E-state index in [1.54, 1.807) is 20.8 Å². The van der Waals surface area contributed by atoms with E-state index in [2.05, 4.69) is 0 Å². The van der Waals surface area contributed by atoms with E-state index < -0.39 is 28.0 Å². The first kappa shape index (κ1) is 18.9. The molecule has 1 aliphatic rings. The number of carbonyl (C=O) groups is 1. The van der Waals surface area contributed by atoms with Gasteiger partial charge in [-0.1, -0.05) is 0 Å².